The van der Waals surface area contributed by atoms with Gasteiger partial charge in [-0.25, -0.2) is 0 Å². The summed E-state index contributed by atoms with van der Waals surface area (Å²) in [7, 11) is 0. The van der Waals surface area contributed by atoms with Crippen LogP contribution in [-0.2, 0) is 0 Å². The molecule has 1 atom stereocenters. The largest absolute Gasteiger partial charge is 0.337 e. The van der Waals surface area contributed by atoms with Crippen molar-refractivity contribution in [3.8, 4) is 11.4 Å². The van der Waals surface area contributed by atoms with E-state index < -0.39 is 0 Å². The lowest BCUT2D eigenvalue weighted by Gasteiger charge is -2.33. The molecule has 138 valence electrons. The van der Waals surface area contributed by atoms with E-state index in [-0.39, 0.29) is 11.9 Å². The molecule has 7 heteroatoms. The Labute approximate surface area is 166 Å². The molecule has 27 heavy (non-hydrogen) atoms. The number of piperidine rings is 1. The highest BCUT2D eigenvalue weighted by molar-refractivity contribution is 6.42. The fourth-order valence-electron chi connectivity index (χ4n) is 3.30. The van der Waals surface area contributed by atoms with Gasteiger partial charge in [0.15, 0.2) is 0 Å². The monoisotopic (exact) mass is 401 g/mol. The molecule has 0 N–H and O–H groups in total. The highest BCUT2D eigenvalue weighted by Crippen LogP contribution is 2.33. The topological polar surface area (TPSA) is 59.2 Å². The first kappa shape index (κ1) is 18.0. The molecule has 0 spiro atoms. The zero-order valence-electron chi connectivity index (χ0n) is 14.4. The van der Waals surface area contributed by atoms with E-state index in [0.717, 1.165) is 24.8 Å². The van der Waals surface area contributed by atoms with Gasteiger partial charge >= 0.3 is 0 Å². The van der Waals surface area contributed by atoms with Gasteiger partial charge in [0, 0.05) is 17.7 Å². The number of amides is 1. The third kappa shape index (κ3) is 3.70. The maximum Gasteiger partial charge on any atom is 0.254 e. The van der Waals surface area contributed by atoms with E-state index in [0.29, 0.717) is 33.9 Å². The maximum atomic E-state index is 13.1. The van der Waals surface area contributed by atoms with Gasteiger partial charge in [-0.2, -0.15) is 4.98 Å². The Hall–Kier alpha value is -2.37. The van der Waals surface area contributed by atoms with Crippen LogP contribution in [0.4, 0.5) is 0 Å². The Morgan fingerprint density at radius 3 is 2.67 bits per heavy atom. The van der Waals surface area contributed by atoms with Crippen molar-refractivity contribution >= 4 is 29.1 Å². The van der Waals surface area contributed by atoms with Crippen molar-refractivity contribution in [2.45, 2.75) is 25.3 Å². The molecule has 1 fully saturated rings. The van der Waals surface area contributed by atoms with Crippen LogP contribution in [0.25, 0.3) is 11.4 Å². The van der Waals surface area contributed by atoms with Gasteiger partial charge in [-0.3, -0.25) is 4.79 Å². The van der Waals surface area contributed by atoms with Crippen molar-refractivity contribution in [2.75, 3.05) is 6.54 Å². The third-order valence-corrected chi connectivity index (χ3v) is 5.43. The van der Waals surface area contributed by atoms with Gasteiger partial charge in [0.05, 0.1) is 10.0 Å². The molecule has 2 heterocycles. The Kier molecular flexibility index (Phi) is 5.14. The lowest BCUT2D eigenvalue weighted by molar-refractivity contribution is 0.0561. The minimum absolute atomic E-state index is 0.113. The summed E-state index contributed by atoms with van der Waals surface area (Å²) in [5, 5.41) is 4.88. The van der Waals surface area contributed by atoms with E-state index in [9.17, 15) is 4.79 Å². The Morgan fingerprint density at radius 1 is 1.07 bits per heavy atom. The normalized spacial score (nSPS) is 17.1. The summed E-state index contributed by atoms with van der Waals surface area (Å²) in [6, 6.07) is 14.3. The molecule has 0 saturated carbocycles. The molecule has 0 radical (unpaired) electrons. The standard InChI is InChI=1S/C20H17Cl2N3O2/c21-15-10-9-14(12-16(15)22)20(26)25-11-5-4-8-17(25)19-23-18(24-27-19)13-6-2-1-3-7-13/h1-3,6-7,9-10,12,17H,4-5,8,11H2. The fourth-order valence-corrected chi connectivity index (χ4v) is 3.60. The number of rotatable bonds is 3. The maximum absolute atomic E-state index is 13.1. The molecule has 1 amide bonds. The van der Waals surface area contributed by atoms with E-state index in [1.807, 2.05) is 30.3 Å². The molecule has 4 rings (SSSR count). The van der Waals surface area contributed by atoms with Crippen LogP contribution in [0, 0.1) is 0 Å². The number of benzene rings is 2. The molecule has 1 aliphatic rings. The number of hydrogen-bond donors (Lipinski definition) is 0. The average molecular weight is 402 g/mol. The van der Waals surface area contributed by atoms with Crippen molar-refractivity contribution in [3.63, 3.8) is 0 Å². The molecular formula is C20H17Cl2N3O2. The number of hydrogen-bond acceptors (Lipinski definition) is 4. The van der Waals surface area contributed by atoms with Gasteiger partial charge in [-0.05, 0) is 37.5 Å². The van der Waals surface area contributed by atoms with Crippen LogP contribution in [0.15, 0.2) is 53.1 Å². The second-order valence-corrected chi connectivity index (χ2v) is 7.28. The Bertz CT molecular complexity index is 959. The number of carbonyl (C=O) groups excluding carboxylic acids is 1. The Balaban J connectivity index is 1.62. The molecule has 1 unspecified atom stereocenters. The zero-order chi connectivity index (χ0) is 18.8. The quantitative estimate of drug-likeness (QED) is 0.588. The molecule has 1 aromatic heterocycles. The summed E-state index contributed by atoms with van der Waals surface area (Å²) in [6.07, 6.45) is 2.71. The number of likely N-dealkylation sites (tertiary alicyclic amines) is 1. The fraction of sp³-hybridized carbons (Fsp3) is 0.250. The second-order valence-electron chi connectivity index (χ2n) is 6.46. The summed E-state index contributed by atoms with van der Waals surface area (Å²) in [6.45, 7) is 0.632. The minimum atomic E-state index is -0.245. The van der Waals surface area contributed by atoms with Gasteiger partial charge < -0.3 is 9.42 Å². The van der Waals surface area contributed by atoms with Crippen LogP contribution >= 0.6 is 23.2 Å². The number of halogens is 2. The molecule has 0 bridgehead atoms. The molecule has 5 nitrogen and oxygen atoms in total. The summed E-state index contributed by atoms with van der Waals surface area (Å²) in [5.74, 6) is 0.873. The molecule has 0 aliphatic carbocycles. The Morgan fingerprint density at radius 2 is 1.89 bits per heavy atom. The smallest absolute Gasteiger partial charge is 0.254 e. The minimum Gasteiger partial charge on any atom is -0.337 e. The van der Waals surface area contributed by atoms with Crippen molar-refractivity contribution in [1.29, 1.82) is 0 Å². The van der Waals surface area contributed by atoms with Crippen LogP contribution in [0.1, 0.15) is 41.6 Å². The van der Waals surface area contributed by atoms with Gasteiger partial charge in [0.2, 0.25) is 11.7 Å². The zero-order valence-corrected chi connectivity index (χ0v) is 16.0. The second kappa shape index (κ2) is 7.71. The van der Waals surface area contributed by atoms with E-state index >= 15 is 0 Å². The highest BCUT2D eigenvalue weighted by Gasteiger charge is 2.33. The molecule has 1 aliphatic heterocycles. The van der Waals surface area contributed by atoms with Gasteiger partial charge in [0.1, 0.15) is 6.04 Å². The van der Waals surface area contributed by atoms with Crippen molar-refractivity contribution in [3.05, 3.63) is 70.0 Å². The summed E-state index contributed by atoms with van der Waals surface area (Å²) in [4.78, 5) is 19.4. The first-order valence-corrected chi connectivity index (χ1v) is 9.54. The molecule has 1 saturated heterocycles. The van der Waals surface area contributed by atoms with Crippen LogP contribution in [0.5, 0.6) is 0 Å². The number of aromatic nitrogens is 2. The van der Waals surface area contributed by atoms with Crippen LogP contribution < -0.4 is 0 Å². The van der Waals surface area contributed by atoms with E-state index in [2.05, 4.69) is 10.1 Å². The number of carbonyl (C=O) groups is 1. The summed E-state index contributed by atoms with van der Waals surface area (Å²) < 4.78 is 5.52. The molecule has 2 aromatic carbocycles. The van der Waals surface area contributed by atoms with E-state index in [1.54, 1.807) is 23.1 Å². The first-order chi connectivity index (χ1) is 13.1. The lowest BCUT2D eigenvalue weighted by atomic mass is 10.0. The SMILES string of the molecule is O=C(c1ccc(Cl)c(Cl)c1)N1CCCCC1c1nc(-c2ccccc2)no1. The van der Waals surface area contributed by atoms with Gasteiger partial charge in [-0.1, -0.05) is 58.7 Å². The van der Waals surface area contributed by atoms with Gasteiger partial charge in [-0.15, -0.1) is 0 Å². The van der Waals surface area contributed by atoms with Crippen molar-refractivity contribution in [1.82, 2.24) is 15.0 Å². The molecule has 3 aromatic rings. The predicted octanol–water partition coefficient (Wildman–Crippen LogP) is 5.41. The predicted molar refractivity (Wildman–Crippen MR) is 104 cm³/mol. The third-order valence-electron chi connectivity index (χ3n) is 4.69. The van der Waals surface area contributed by atoms with E-state index in [1.165, 1.54) is 0 Å². The van der Waals surface area contributed by atoms with Crippen LogP contribution in [-0.4, -0.2) is 27.5 Å². The van der Waals surface area contributed by atoms with Crippen molar-refractivity contribution in [2.24, 2.45) is 0 Å². The molecular weight excluding hydrogens is 385 g/mol. The van der Waals surface area contributed by atoms with Crippen LogP contribution in [0.2, 0.25) is 10.0 Å². The van der Waals surface area contributed by atoms with Crippen molar-refractivity contribution < 1.29 is 9.32 Å². The summed E-state index contributed by atoms with van der Waals surface area (Å²) in [5.41, 5.74) is 1.38. The summed E-state index contributed by atoms with van der Waals surface area (Å²) >= 11 is 12.0. The highest BCUT2D eigenvalue weighted by atomic mass is 35.5. The average Bonchev–Trinajstić information content (AvgIpc) is 3.20. The van der Waals surface area contributed by atoms with Gasteiger partial charge in [0.25, 0.3) is 5.91 Å². The van der Waals surface area contributed by atoms with E-state index in [4.69, 9.17) is 27.7 Å². The van der Waals surface area contributed by atoms with Crippen LogP contribution in [0.3, 0.4) is 0 Å². The lowest BCUT2D eigenvalue weighted by Crippen LogP contribution is -2.38. The first-order valence-electron chi connectivity index (χ1n) is 8.78. The number of nitrogens with zero attached hydrogens (tertiary/aromatic N) is 3.